The second-order valence-electron chi connectivity index (χ2n) is 5.27. The van der Waals surface area contributed by atoms with E-state index in [4.69, 9.17) is 11.5 Å². The minimum Gasteiger partial charge on any atom is -0.330 e. The third-order valence-electron chi connectivity index (χ3n) is 3.34. The molecule has 0 atom stereocenters. The van der Waals surface area contributed by atoms with E-state index in [0.717, 1.165) is 13.1 Å². The topological polar surface area (TPSA) is 64.1 Å². The molecule has 0 rings (SSSR count). The molecule has 19 heavy (non-hydrogen) atoms. The van der Waals surface area contributed by atoms with Crippen molar-refractivity contribution in [3.05, 3.63) is 13.1 Å². The van der Waals surface area contributed by atoms with E-state index in [1.165, 1.54) is 77.0 Å². The molecule has 0 aromatic carbocycles. The Morgan fingerprint density at radius 3 is 1.32 bits per heavy atom. The van der Waals surface area contributed by atoms with Gasteiger partial charge in [-0.3, -0.25) is 0 Å². The fourth-order valence-electron chi connectivity index (χ4n) is 2.09. The monoisotopic (exact) mass is 269 g/mol. The number of nitrogens with two attached hydrogens (primary N) is 2. The zero-order valence-electron chi connectivity index (χ0n) is 12.7. The van der Waals surface area contributed by atoms with Crippen LogP contribution in [0.3, 0.4) is 0 Å². The second kappa shape index (κ2) is 17.9. The van der Waals surface area contributed by atoms with E-state index in [1.54, 1.807) is 0 Å². The minimum absolute atomic E-state index is 0.842. The molecule has 0 spiro atoms. The van der Waals surface area contributed by atoms with Crippen LogP contribution in [0.5, 0.6) is 0 Å². The Bertz CT molecular complexity index is 135. The lowest BCUT2D eigenvalue weighted by Gasteiger charge is -2.04. The standard InChI is InChI=1S/C16H35N3/c17-13-9-5-1-3-7-11-15-19-16-12-8-4-2-6-10-14-18/h15-16,19H,1-14,17-18H2. The summed E-state index contributed by atoms with van der Waals surface area (Å²) in [4.78, 5) is 0. The Balaban J connectivity index is 2.88. The number of hydrogen-bond donors (Lipinski definition) is 3. The van der Waals surface area contributed by atoms with Crippen LogP contribution in [-0.4, -0.2) is 13.1 Å². The lowest BCUT2D eigenvalue weighted by atomic mass is 10.1. The highest BCUT2D eigenvalue weighted by Crippen LogP contribution is 2.07. The summed E-state index contributed by atoms with van der Waals surface area (Å²) in [5.74, 6) is 0. The Morgan fingerprint density at radius 2 is 0.895 bits per heavy atom. The van der Waals surface area contributed by atoms with Crippen LogP contribution in [0.1, 0.15) is 77.0 Å². The average molecular weight is 269 g/mol. The summed E-state index contributed by atoms with van der Waals surface area (Å²) in [6.45, 7) is 6.07. The molecule has 0 aliphatic carbocycles. The molecule has 0 heterocycles. The molecule has 3 heteroatoms. The summed E-state index contributed by atoms with van der Waals surface area (Å²) < 4.78 is 0. The molecule has 0 saturated carbocycles. The van der Waals surface area contributed by atoms with Gasteiger partial charge in [-0.15, -0.1) is 0 Å². The molecule has 0 aromatic rings. The summed E-state index contributed by atoms with van der Waals surface area (Å²) in [6.07, 6.45) is 15.2. The zero-order chi connectivity index (χ0) is 14.0. The summed E-state index contributed by atoms with van der Waals surface area (Å²) in [5, 5.41) is 3.30. The van der Waals surface area contributed by atoms with Crippen molar-refractivity contribution in [1.82, 2.24) is 5.32 Å². The molecule has 0 aliphatic rings. The first-order valence-corrected chi connectivity index (χ1v) is 8.21. The van der Waals surface area contributed by atoms with Crippen molar-refractivity contribution in [1.29, 1.82) is 0 Å². The van der Waals surface area contributed by atoms with Crippen LogP contribution < -0.4 is 16.8 Å². The Hall–Kier alpha value is -0.120. The Kier molecular flexibility index (Phi) is 17.8. The fourth-order valence-corrected chi connectivity index (χ4v) is 2.09. The van der Waals surface area contributed by atoms with Gasteiger partial charge < -0.3 is 16.8 Å². The minimum atomic E-state index is 0.842. The number of rotatable bonds is 16. The lowest BCUT2D eigenvalue weighted by molar-refractivity contribution is 0.593. The van der Waals surface area contributed by atoms with Crippen LogP contribution in [0.2, 0.25) is 0 Å². The molecule has 5 N–H and O–H groups in total. The molecule has 0 aliphatic heterocycles. The molecular formula is C16H35N3. The predicted octanol–water partition coefficient (Wildman–Crippen LogP) is 3.50. The van der Waals surface area contributed by atoms with Gasteiger partial charge in [-0.05, 0) is 38.8 Å². The van der Waals surface area contributed by atoms with E-state index >= 15 is 0 Å². The quantitative estimate of drug-likeness (QED) is 0.376. The van der Waals surface area contributed by atoms with Crippen molar-refractivity contribution in [2.24, 2.45) is 11.5 Å². The summed E-state index contributed by atoms with van der Waals surface area (Å²) in [6, 6.07) is 0. The lowest BCUT2D eigenvalue weighted by Crippen LogP contribution is -2.05. The SMILES string of the molecule is NCCCCCCC[CH]N[CH]CCCCCCCN. The van der Waals surface area contributed by atoms with E-state index in [1.807, 2.05) is 0 Å². The van der Waals surface area contributed by atoms with E-state index < -0.39 is 0 Å². The van der Waals surface area contributed by atoms with Gasteiger partial charge in [0.25, 0.3) is 0 Å². The van der Waals surface area contributed by atoms with E-state index in [9.17, 15) is 0 Å². The highest BCUT2D eigenvalue weighted by Gasteiger charge is 1.93. The summed E-state index contributed by atoms with van der Waals surface area (Å²) >= 11 is 0. The van der Waals surface area contributed by atoms with Crippen LogP contribution in [0, 0.1) is 13.1 Å². The fraction of sp³-hybridized carbons (Fsp3) is 0.875. The third-order valence-corrected chi connectivity index (χ3v) is 3.34. The molecule has 0 fully saturated rings. The number of nitrogens with one attached hydrogen (secondary N) is 1. The maximum absolute atomic E-state index is 5.46. The van der Waals surface area contributed by atoms with Gasteiger partial charge in [0.2, 0.25) is 0 Å². The van der Waals surface area contributed by atoms with E-state index in [-0.39, 0.29) is 0 Å². The number of hydrogen-bond acceptors (Lipinski definition) is 3. The van der Waals surface area contributed by atoms with Crippen molar-refractivity contribution < 1.29 is 0 Å². The van der Waals surface area contributed by atoms with Crippen molar-refractivity contribution in [3.63, 3.8) is 0 Å². The van der Waals surface area contributed by atoms with Gasteiger partial charge in [0.15, 0.2) is 0 Å². The smallest absolute Gasteiger partial charge is 0.0224 e. The van der Waals surface area contributed by atoms with Crippen LogP contribution in [-0.2, 0) is 0 Å². The first-order chi connectivity index (χ1) is 9.41. The Morgan fingerprint density at radius 1 is 0.526 bits per heavy atom. The molecule has 0 saturated heterocycles. The van der Waals surface area contributed by atoms with Crippen LogP contribution in [0.25, 0.3) is 0 Å². The Labute approximate surface area is 120 Å². The third kappa shape index (κ3) is 17.9. The average Bonchev–Trinajstić information content (AvgIpc) is 2.43. The van der Waals surface area contributed by atoms with Gasteiger partial charge in [-0.25, -0.2) is 0 Å². The molecule has 0 bridgehead atoms. The largest absolute Gasteiger partial charge is 0.330 e. The molecular weight excluding hydrogens is 234 g/mol. The molecule has 0 aromatic heterocycles. The molecule has 114 valence electrons. The van der Waals surface area contributed by atoms with Gasteiger partial charge in [0.05, 0.1) is 0 Å². The first kappa shape index (κ1) is 18.9. The van der Waals surface area contributed by atoms with Gasteiger partial charge in [0, 0.05) is 13.1 Å². The van der Waals surface area contributed by atoms with Crippen LogP contribution in [0.4, 0.5) is 0 Å². The molecule has 2 radical (unpaired) electrons. The van der Waals surface area contributed by atoms with E-state index in [2.05, 4.69) is 18.4 Å². The van der Waals surface area contributed by atoms with Gasteiger partial charge >= 0.3 is 0 Å². The van der Waals surface area contributed by atoms with Crippen LogP contribution >= 0.6 is 0 Å². The van der Waals surface area contributed by atoms with Gasteiger partial charge in [0.1, 0.15) is 0 Å². The predicted molar refractivity (Wildman–Crippen MR) is 85.2 cm³/mol. The van der Waals surface area contributed by atoms with E-state index in [0.29, 0.717) is 0 Å². The van der Waals surface area contributed by atoms with Gasteiger partial charge in [-0.2, -0.15) is 0 Å². The summed E-state index contributed by atoms with van der Waals surface area (Å²) in [5.41, 5.74) is 10.9. The van der Waals surface area contributed by atoms with Crippen molar-refractivity contribution in [3.8, 4) is 0 Å². The second-order valence-corrected chi connectivity index (χ2v) is 5.27. The molecule has 0 unspecified atom stereocenters. The van der Waals surface area contributed by atoms with Crippen molar-refractivity contribution in [2.75, 3.05) is 13.1 Å². The van der Waals surface area contributed by atoms with Gasteiger partial charge in [-0.1, -0.05) is 51.4 Å². The highest BCUT2D eigenvalue weighted by molar-refractivity contribution is 4.70. The highest BCUT2D eigenvalue weighted by atomic mass is 14.8. The molecule has 0 amide bonds. The van der Waals surface area contributed by atoms with Crippen LogP contribution in [0.15, 0.2) is 0 Å². The van der Waals surface area contributed by atoms with Crippen molar-refractivity contribution in [2.45, 2.75) is 77.0 Å². The summed E-state index contributed by atoms with van der Waals surface area (Å²) in [7, 11) is 0. The zero-order valence-corrected chi connectivity index (χ0v) is 12.7. The maximum atomic E-state index is 5.46. The maximum Gasteiger partial charge on any atom is 0.0224 e. The first-order valence-electron chi connectivity index (χ1n) is 8.21. The van der Waals surface area contributed by atoms with Crippen molar-refractivity contribution >= 4 is 0 Å². The normalized spacial score (nSPS) is 11.1. The molecule has 3 nitrogen and oxygen atoms in total. The number of unbranched alkanes of at least 4 members (excludes halogenated alkanes) is 10.